The van der Waals surface area contributed by atoms with E-state index in [9.17, 15) is 9.18 Å². The van der Waals surface area contributed by atoms with Crippen molar-refractivity contribution >= 4 is 33.2 Å². The minimum atomic E-state index is -0.361. The molecule has 0 aliphatic carbocycles. The van der Waals surface area contributed by atoms with Crippen LogP contribution in [0, 0.1) is 12.7 Å². The lowest BCUT2D eigenvalue weighted by molar-refractivity contribution is 0.0785. The zero-order valence-electron chi connectivity index (χ0n) is 10.6. The molecule has 0 aliphatic heterocycles. The highest BCUT2D eigenvalue weighted by molar-refractivity contribution is 9.10. The van der Waals surface area contributed by atoms with Gasteiger partial charge in [-0.3, -0.25) is 4.79 Å². The number of rotatable bonds is 3. The van der Waals surface area contributed by atoms with E-state index in [0.29, 0.717) is 16.6 Å². The van der Waals surface area contributed by atoms with Crippen molar-refractivity contribution < 1.29 is 9.18 Å². The highest BCUT2D eigenvalue weighted by atomic mass is 79.9. The van der Waals surface area contributed by atoms with Gasteiger partial charge in [0.15, 0.2) is 0 Å². The molecular weight excluding hydrogens is 329 g/mol. The second kappa shape index (κ2) is 5.84. The molecule has 0 unspecified atom stereocenters. The van der Waals surface area contributed by atoms with Crippen molar-refractivity contribution in [3.05, 3.63) is 55.9 Å². The molecule has 19 heavy (non-hydrogen) atoms. The number of amides is 1. The van der Waals surface area contributed by atoms with Crippen LogP contribution in [0.1, 0.15) is 20.8 Å². The Morgan fingerprint density at radius 1 is 1.42 bits per heavy atom. The van der Waals surface area contributed by atoms with Crippen LogP contribution in [-0.2, 0) is 6.54 Å². The Morgan fingerprint density at radius 3 is 2.74 bits per heavy atom. The lowest BCUT2D eigenvalue weighted by Crippen LogP contribution is -2.26. The summed E-state index contributed by atoms with van der Waals surface area (Å²) in [5, 5.41) is 2.01. The van der Waals surface area contributed by atoms with E-state index in [4.69, 9.17) is 0 Å². The Hall–Kier alpha value is -1.20. The van der Waals surface area contributed by atoms with Gasteiger partial charge in [-0.1, -0.05) is 0 Å². The lowest BCUT2D eigenvalue weighted by atomic mass is 10.2. The third-order valence-electron chi connectivity index (χ3n) is 2.86. The molecule has 100 valence electrons. The summed E-state index contributed by atoms with van der Waals surface area (Å²) >= 11 is 4.86. The van der Waals surface area contributed by atoms with Crippen LogP contribution < -0.4 is 0 Å². The van der Waals surface area contributed by atoms with Crippen LogP contribution in [0.3, 0.4) is 0 Å². The molecule has 1 aromatic carbocycles. The van der Waals surface area contributed by atoms with Crippen LogP contribution in [-0.4, -0.2) is 17.9 Å². The normalized spacial score (nSPS) is 10.5. The number of aryl methyl sites for hydroxylation is 1. The van der Waals surface area contributed by atoms with Gasteiger partial charge in [0.25, 0.3) is 5.91 Å². The number of carbonyl (C=O) groups excluding carboxylic acids is 1. The van der Waals surface area contributed by atoms with Crippen LogP contribution in [0.5, 0.6) is 0 Å². The topological polar surface area (TPSA) is 20.3 Å². The molecule has 0 fully saturated rings. The Kier molecular flexibility index (Phi) is 4.37. The van der Waals surface area contributed by atoms with Crippen molar-refractivity contribution in [2.45, 2.75) is 13.5 Å². The molecule has 0 radical (unpaired) electrons. The van der Waals surface area contributed by atoms with Gasteiger partial charge in [0.1, 0.15) is 5.82 Å². The highest BCUT2D eigenvalue weighted by Gasteiger charge is 2.16. The van der Waals surface area contributed by atoms with Gasteiger partial charge < -0.3 is 4.90 Å². The SMILES string of the molecule is Cc1ccsc1CN(C)C(=O)c1ccc(F)cc1Br. The molecule has 1 aromatic heterocycles. The Morgan fingerprint density at radius 2 is 2.16 bits per heavy atom. The summed E-state index contributed by atoms with van der Waals surface area (Å²) < 4.78 is 13.5. The van der Waals surface area contributed by atoms with Gasteiger partial charge in [-0.25, -0.2) is 4.39 Å². The second-order valence-electron chi connectivity index (χ2n) is 4.31. The molecule has 0 saturated carbocycles. The van der Waals surface area contributed by atoms with E-state index >= 15 is 0 Å². The van der Waals surface area contributed by atoms with E-state index in [2.05, 4.69) is 15.9 Å². The largest absolute Gasteiger partial charge is 0.337 e. The van der Waals surface area contributed by atoms with Gasteiger partial charge in [0, 0.05) is 16.4 Å². The molecule has 2 rings (SSSR count). The maximum atomic E-state index is 13.0. The Labute approximate surface area is 124 Å². The predicted molar refractivity (Wildman–Crippen MR) is 79.0 cm³/mol. The zero-order valence-corrected chi connectivity index (χ0v) is 13.0. The summed E-state index contributed by atoms with van der Waals surface area (Å²) in [6, 6.07) is 6.13. The smallest absolute Gasteiger partial charge is 0.255 e. The van der Waals surface area contributed by atoms with Gasteiger partial charge in [-0.15, -0.1) is 11.3 Å². The van der Waals surface area contributed by atoms with Crippen molar-refractivity contribution in [3.8, 4) is 0 Å². The summed E-state index contributed by atoms with van der Waals surface area (Å²) in [4.78, 5) is 15.1. The average molecular weight is 342 g/mol. The van der Waals surface area contributed by atoms with Crippen LogP contribution in [0.2, 0.25) is 0 Å². The first kappa shape index (κ1) is 14.2. The van der Waals surface area contributed by atoms with Crippen LogP contribution in [0.15, 0.2) is 34.1 Å². The van der Waals surface area contributed by atoms with Crippen molar-refractivity contribution in [2.75, 3.05) is 7.05 Å². The summed E-state index contributed by atoms with van der Waals surface area (Å²) in [7, 11) is 1.75. The maximum absolute atomic E-state index is 13.0. The molecule has 1 amide bonds. The fraction of sp³-hybridized carbons (Fsp3) is 0.214. The summed E-state index contributed by atoms with van der Waals surface area (Å²) in [6.45, 7) is 2.59. The summed E-state index contributed by atoms with van der Waals surface area (Å²) in [5.74, 6) is -0.486. The van der Waals surface area contributed by atoms with Crippen molar-refractivity contribution in [2.24, 2.45) is 0 Å². The summed E-state index contributed by atoms with van der Waals surface area (Å²) in [5.41, 5.74) is 1.65. The highest BCUT2D eigenvalue weighted by Crippen LogP contribution is 2.22. The fourth-order valence-corrected chi connectivity index (χ4v) is 3.20. The third kappa shape index (κ3) is 3.22. The molecule has 0 saturated heterocycles. The molecule has 0 bridgehead atoms. The number of hydrogen-bond acceptors (Lipinski definition) is 2. The molecule has 2 aromatic rings. The number of benzene rings is 1. The van der Waals surface area contributed by atoms with E-state index in [-0.39, 0.29) is 11.7 Å². The van der Waals surface area contributed by atoms with Gasteiger partial charge in [0.2, 0.25) is 0 Å². The molecule has 0 aliphatic rings. The van der Waals surface area contributed by atoms with Crippen LogP contribution >= 0.6 is 27.3 Å². The number of halogens is 2. The lowest BCUT2D eigenvalue weighted by Gasteiger charge is -2.17. The standard InChI is InChI=1S/C14H13BrFNOS/c1-9-5-6-19-13(9)8-17(2)14(18)11-4-3-10(16)7-12(11)15/h3-7H,8H2,1-2H3. The summed E-state index contributed by atoms with van der Waals surface area (Å²) in [6.07, 6.45) is 0. The zero-order chi connectivity index (χ0) is 14.0. The first-order valence-corrected chi connectivity index (χ1v) is 7.40. The van der Waals surface area contributed by atoms with E-state index in [1.807, 2.05) is 18.4 Å². The Bertz CT molecular complexity index is 611. The van der Waals surface area contributed by atoms with Crippen molar-refractivity contribution in [1.29, 1.82) is 0 Å². The van der Waals surface area contributed by atoms with E-state index in [1.165, 1.54) is 23.8 Å². The van der Waals surface area contributed by atoms with E-state index in [0.717, 1.165) is 4.88 Å². The molecule has 0 N–H and O–H groups in total. The molecule has 0 atom stereocenters. The van der Waals surface area contributed by atoms with Gasteiger partial charge in [-0.05, 0) is 58.1 Å². The molecule has 1 heterocycles. The molecule has 5 heteroatoms. The van der Waals surface area contributed by atoms with E-state index in [1.54, 1.807) is 23.3 Å². The number of hydrogen-bond donors (Lipinski definition) is 0. The third-order valence-corrected chi connectivity index (χ3v) is 4.52. The molecule has 0 spiro atoms. The number of nitrogens with zero attached hydrogens (tertiary/aromatic N) is 1. The molecule has 2 nitrogen and oxygen atoms in total. The minimum absolute atomic E-state index is 0.125. The predicted octanol–water partition coefficient (Wildman–Crippen LogP) is 4.23. The van der Waals surface area contributed by atoms with Gasteiger partial charge in [-0.2, -0.15) is 0 Å². The Balaban J connectivity index is 2.17. The monoisotopic (exact) mass is 341 g/mol. The number of carbonyl (C=O) groups is 1. The first-order valence-electron chi connectivity index (χ1n) is 5.72. The fourth-order valence-electron chi connectivity index (χ4n) is 1.72. The van der Waals surface area contributed by atoms with Crippen molar-refractivity contribution in [3.63, 3.8) is 0 Å². The quantitative estimate of drug-likeness (QED) is 0.817. The second-order valence-corrected chi connectivity index (χ2v) is 6.17. The van der Waals surface area contributed by atoms with Gasteiger partial charge in [0.05, 0.1) is 12.1 Å². The van der Waals surface area contributed by atoms with Crippen LogP contribution in [0.25, 0.3) is 0 Å². The molecular formula is C14H13BrFNOS. The van der Waals surface area contributed by atoms with Crippen molar-refractivity contribution in [1.82, 2.24) is 4.90 Å². The van der Waals surface area contributed by atoms with E-state index < -0.39 is 0 Å². The maximum Gasteiger partial charge on any atom is 0.255 e. The number of thiophene rings is 1. The minimum Gasteiger partial charge on any atom is -0.337 e. The van der Waals surface area contributed by atoms with Crippen LogP contribution in [0.4, 0.5) is 4.39 Å². The van der Waals surface area contributed by atoms with Gasteiger partial charge >= 0.3 is 0 Å². The first-order chi connectivity index (χ1) is 8.99. The average Bonchev–Trinajstić information content (AvgIpc) is 2.74.